The van der Waals surface area contributed by atoms with Gasteiger partial charge in [-0.15, -0.1) is 0 Å². The van der Waals surface area contributed by atoms with Gasteiger partial charge in [-0.3, -0.25) is 9.78 Å². The zero-order valence-corrected chi connectivity index (χ0v) is 10.5. The van der Waals surface area contributed by atoms with E-state index in [2.05, 4.69) is 15.6 Å². The van der Waals surface area contributed by atoms with Crippen LogP contribution in [0.2, 0.25) is 0 Å². The van der Waals surface area contributed by atoms with E-state index in [0.717, 1.165) is 25.2 Å². The maximum atomic E-state index is 12.6. The summed E-state index contributed by atoms with van der Waals surface area (Å²) in [5.74, 6) is 0.674. The number of anilines is 1. The Morgan fingerprint density at radius 1 is 1.50 bits per heavy atom. The Balaban J connectivity index is 1.78. The minimum Gasteiger partial charge on any atom is -0.324 e. The fraction of sp³-hybridized carbons (Fsp3) is 0.571. The highest BCUT2D eigenvalue weighted by molar-refractivity contribution is 5.96. The maximum Gasteiger partial charge on any atom is 0.232 e. The lowest BCUT2D eigenvalue weighted by molar-refractivity contribution is -0.128. The van der Waals surface area contributed by atoms with Crippen molar-refractivity contribution >= 4 is 11.6 Å². The summed E-state index contributed by atoms with van der Waals surface area (Å²) in [6.07, 6.45) is 8.03. The van der Waals surface area contributed by atoms with Gasteiger partial charge in [-0.2, -0.15) is 0 Å². The van der Waals surface area contributed by atoms with Crippen LogP contribution in [0.5, 0.6) is 0 Å². The summed E-state index contributed by atoms with van der Waals surface area (Å²) in [4.78, 5) is 16.6. The van der Waals surface area contributed by atoms with Crippen LogP contribution < -0.4 is 10.6 Å². The Hall–Kier alpha value is -1.42. The molecule has 4 heteroatoms. The number of hydrogen-bond donors (Lipinski definition) is 2. The van der Waals surface area contributed by atoms with Crippen LogP contribution in [0, 0.1) is 11.3 Å². The minimum absolute atomic E-state index is 0.171. The lowest BCUT2D eigenvalue weighted by Gasteiger charge is -2.37. The van der Waals surface area contributed by atoms with Crippen molar-refractivity contribution in [3.8, 4) is 0 Å². The monoisotopic (exact) mass is 245 g/mol. The van der Waals surface area contributed by atoms with Gasteiger partial charge in [-0.1, -0.05) is 12.8 Å². The molecule has 0 aromatic carbocycles. The highest BCUT2D eigenvalue weighted by Gasteiger charge is 2.49. The lowest BCUT2D eigenvalue weighted by Crippen LogP contribution is -2.44. The number of fused-ring (bicyclic) bond motifs is 1. The topological polar surface area (TPSA) is 54.0 Å². The summed E-state index contributed by atoms with van der Waals surface area (Å²) in [7, 11) is 0. The summed E-state index contributed by atoms with van der Waals surface area (Å²) < 4.78 is 0. The number of nitrogens with zero attached hydrogens (tertiary/aromatic N) is 1. The van der Waals surface area contributed by atoms with Crippen molar-refractivity contribution in [1.82, 2.24) is 10.3 Å². The largest absolute Gasteiger partial charge is 0.324 e. The molecule has 3 rings (SSSR count). The Bertz CT molecular complexity index is 434. The van der Waals surface area contributed by atoms with E-state index in [1.165, 1.54) is 19.3 Å². The SMILES string of the molecule is O=C(Nc1cccnc1)[C@@]12CCCC[C@H]1CNC2. The van der Waals surface area contributed by atoms with Crippen LogP contribution in [-0.4, -0.2) is 24.0 Å². The van der Waals surface area contributed by atoms with Crippen LogP contribution in [0.15, 0.2) is 24.5 Å². The molecule has 2 N–H and O–H groups in total. The van der Waals surface area contributed by atoms with Crippen molar-refractivity contribution in [2.75, 3.05) is 18.4 Å². The van der Waals surface area contributed by atoms with Crippen molar-refractivity contribution in [2.45, 2.75) is 25.7 Å². The Kier molecular flexibility index (Phi) is 3.04. The van der Waals surface area contributed by atoms with E-state index >= 15 is 0 Å². The third-order valence-corrected chi connectivity index (χ3v) is 4.41. The second-order valence-corrected chi connectivity index (χ2v) is 5.43. The normalized spacial score (nSPS) is 30.8. The number of amides is 1. The molecule has 0 spiro atoms. The first-order chi connectivity index (χ1) is 8.81. The van der Waals surface area contributed by atoms with E-state index in [1.807, 2.05) is 12.1 Å². The average Bonchev–Trinajstić information content (AvgIpc) is 2.85. The number of nitrogens with one attached hydrogen (secondary N) is 2. The van der Waals surface area contributed by atoms with Crippen molar-refractivity contribution in [3.05, 3.63) is 24.5 Å². The van der Waals surface area contributed by atoms with Gasteiger partial charge < -0.3 is 10.6 Å². The quantitative estimate of drug-likeness (QED) is 0.835. The second kappa shape index (κ2) is 4.69. The third-order valence-electron chi connectivity index (χ3n) is 4.41. The molecule has 2 atom stereocenters. The Labute approximate surface area is 107 Å². The van der Waals surface area contributed by atoms with Gasteiger partial charge in [0.15, 0.2) is 0 Å². The molecule has 2 heterocycles. The molecule has 1 aliphatic heterocycles. The van der Waals surface area contributed by atoms with Gasteiger partial charge in [0.05, 0.1) is 17.3 Å². The van der Waals surface area contributed by atoms with Gasteiger partial charge in [-0.05, 0) is 37.4 Å². The predicted molar refractivity (Wildman–Crippen MR) is 70.1 cm³/mol. The molecule has 96 valence electrons. The standard InChI is InChI=1S/C14H19N3O/c18-13(17-12-5-3-7-15-9-12)14-6-2-1-4-11(14)8-16-10-14/h3,5,7,9,11,16H,1-2,4,6,8,10H2,(H,17,18)/t11-,14+/m0/s1. The molecule has 1 saturated carbocycles. The van der Waals surface area contributed by atoms with Crippen molar-refractivity contribution < 1.29 is 4.79 Å². The summed E-state index contributed by atoms with van der Waals surface area (Å²) in [5.41, 5.74) is 0.613. The predicted octanol–water partition coefficient (Wildman–Crippen LogP) is 1.80. The van der Waals surface area contributed by atoms with E-state index in [1.54, 1.807) is 12.4 Å². The maximum absolute atomic E-state index is 12.6. The fourth-order valence-electron chi connectivity index (χ4n) is 3.38. The van der Waals surface area contributed by atoms with Crippen LogP contribution in [0.3, 0.4) is 0 Å². The molecule has 2 aliphatic rings. The van der Waals surface area contributed by atoms with E-state index in [0.29, 0.717) is 5.92 Å². The number of pyridine rings is 1. The van der Waals surface area contributed by atoms with E-state index in [4.69, 9.17) is 0 Å². The summed E-state index contributed by atoms with van der Waals surface area (Å²) in [5, 5.41) is 6.43. The van der Waals surface area contributed by atoms with Gasteiger partial charge in [0, 0.05) is 12.7 Å². The summed E-state index contributed by atoms with van der Waals surface area (Å²) in [6.45, 7) is 1.81. The molecule has 1 amide bonds. The van der Waals surface area contributed by atoms with Crippen molar-refractivity contribution in [3.63, 3.8) is 0 Å². The zero-order chi connectivity index (χ0) is 12.4. The van der Waals surface area contributed by atoms with Gasteiger partial charge >= 0.3 is 0 Å². The highest BCUT2D eigenvalue weighted by Crippen LogP contribution is 2.44. The van der Waals surface area contributed by atoms with Crippen LogP contribution in [0.1, 0.15) is 25.7 Å². The summed E-state index contributed by atoms with van der Waals surface area (Å²) >= 11 is 0. The molecule has 4 nitrogen and oxygen atoms in total. The number of carbonyl (C=O) groups excluding carboxylic acids is 1. The molecule has 1 aliphatic carbocycles. The molecule has 2 fully saturated rings. The molecule has 18 heavy (non-hydrogen) atoms. The molecule has 1 aromatic rings. The van der Waals surface area contributed by atoms with Gasteiger partial charge in [0.2, 0.25) is 5.91 Å². The van der Waals surface area contributed by atoms with Gasteiger partial charge in [0.25, 0.3) is 0 Å². The molecular formula is C14H19N3O. The van der Waals surface area contributed by atoms with E-state index in [9.17, 15) is 4.79 Å². The van der Waals surface area contributed by atoms with Gasteiger partial charge in [0.1, 0.15) is 0 Å². The highest BCUT2D eigenvalue weighted by atomic mass is 16.2. The Morgan fingerprint density at radius 3 is 3.28 bits per heavy atom. The van der Waals surface area contributed by atoms with Crippen LogP contribution >= 0.6 is 0 Å². The first-order valence-corrected chi connectivity index (χ1v) is 6.73. The minimum atomic E-state index is -0.186. The van der Waals surface area contributed by atoms with E-state index < -0.39 is 0 Å². The second-order valence-electron chi connectivity index (χ2n) is 5.43. The number of aromatic nitrogens is 1. The first-order valence-electron chi connectivity index (χ1n) is 6.73. The average molecular weight is 245 g/mol. The lowest BCUT2D eigenvalue weighted by atomic mass is 9.67. The van der Waals surface area contributed by atoms with Gasteiger partial charge in [-0.25, -0.2) is 0 Å². The number of rotatable bonds is 2. The molecular weight excluding hydrogens is 226 g/mol. The fourth-order valence-corrected chi connectivity index (χ4v) is 3.38. The Morgan fingerprint density at radius 2 is 2.44 bits per heavy atom. The summed E-state index contributed by atoms with van der Waals surface area (Å²) in [6, 6.07) is 3.74. The van der Waals surface area contributed by atoms with E-state index in [-0.39, 0.29) is 11.3 Å². The molecule has 1 saturated heterocycles. The first kappa shape index (κ1) is 11.7. The molecule has 1 aromatic heterocycles. The van der Waals surface area contributed by atoms with Crippen LogP contribution in [0.25, 0.3) is 0 Å². The number of carbonyl (C=O) groups is 1. The van der Waals surface area contributed by atoms with Crippen molar-refractivity contribution in [2.24, 2.45) is 11.3 Å². The van der Waals surface area contributed by atoms with Crippen molar-refractivity contribution in [1.29, 1.82) is 0 Å². The third kappa shape index (κ3) is 1.90. The molecule has 0 unspecified atom stereocenters. The van der Waals surface area contributed by atoms with Crippen LogP contribution in [0.4, 0.5) is 5.69 Å². The molecule has 0 radical (unpaired) electrons. The number of hydrogen-bond acceptors (Lipinski definition) is 3. The van der Waals surface area contributed by atoms with Crippen LogP contribution in [-0.2, 0) is 4.79 Å². The molecule has 0 bridgehead atoms. The smallest absolute Gasteiger partial charge is 0.232 e. The zero-order valence-electron chi connectivity index (χ0n) is 10.5.